The molecule has 2 aromatic heterocycles. The standard InChI is InChI=1S/C24H31F3N6O2/c25-24(26,27)17-7-15(21(34)29-11-17)8-19-20(14-1-3-35-4-2-14)31-22-30-18(12-33(22)32-19)6-13-5-16-10-23(16,28)9-13/h12-17H,1-11,28H2,(H,29,34)/t13-,15+,16+,17+,23-/m0/s1. The number of nitrogens with two attached hydrogens (primary N) is 1. The Bertz CT molecular complexity index is 1130. The molecule has 4 heterocycles. The van der Waals surface area contributed by atoms with Crippen molar-refractivity contribution >= 4 is 11.7 Å². The lowest BCUT2D eigenvalue weighted by atomic mass is 9.84. The monoisotopic (exact) mass is 492 g/mol. The van der Waals surface area contributed by atoms with Crippen LogP contribution in [0.25, 0.3) is 5.78 Å². The summed E-state index contributed by atoms with van der Waals surface area (Å²) in [5, 5.41) is 7.21. The summed E-state index contributed by atoms with van der Waals surface area (Å²) in [4.78, 5) is 22.1. The lowest BCUT2D eigenvalue weighted by molar-refractivity contribution is -0.183. The van der Waals surface area contributed by atoms with E-state index in [1.807, 2.05) is 6.20 Å². The summed E-state index contributed by atoms with van der Waals surface area (Å²) in [6.45, 7) is 0.828. The maximum Gasteiger partial charge on any atom is 0.393 e. The highest BCUT2D eigenvalue weighted by molar-refractivity contribution is 5.79. The van der Waals surface area contributed by atoms with Gasteiger partial charge in [0.1, 0.15) is 0 Å². The van der Waals surface area contributed by atoms with Crippen LogP contribution >= 0.6 is 0 Å². The summed E-state index contributed by atoms with van der Waals surface area (Å²) >= 11 is 0. The van der Waals surface area contributed by atoms with Crippen molar-refractivity contribution in [1.29, 1.82) is 0 Å². The Morgan fingerprint density at radius 3 is 2.69 bits per heavy atom. The number of rotatable bonds is 5. The number of alkyl halides is 3. The van der Waals surface area contributed by atoms with Crippen LogP contribution in [0.5, 0.6) is 0 Å². The molecule has 8 nitrogen and oxygen atoms in total. The molecule has 35 heavy (non-hydrogen) atoms. The van der Waals surface area contributed by atoms with E-state index < -0.39 is 18.0 Å². The van der Waals surface area contributed by atoms with Gasteiger partial charge < -0.3 is 15.8 Å². The minimum atomic E-state index is -4.34. The van der Waals surface area contributed by atoms with Gasteiger partial charge in [0.2, 0.25) is 5.91 Å². The molecule has 190 valence electrons. The molecule has 0 radical (unpaired) electrons. The maximum absolute atomic E-state index is 13.4. The topological polar surface area (TPSA) is 107 Å². The van der Waals surface area contributed by atoms with Crippen LogP contribution in [0.1, 0.15) is 61.5 Å². The van der Waals surface area contributed by atoms with Gasteiger partial charge in [0.25, 0.3) is 5.78 Å². The highest BCUT2D eigenvalue weighted by Crippen LogP contribution is 2.56. The van der Waals surface area contributed by atoms with E-state index in [0.717, 1.165) is 49.9 Å². The number of carbonyl (C=O) groups excluding carboxylic acids is 1. The molecule has 0 unspecified atom stereocenters. The van der Waals surface area contributed by atoms with E-state index >= 15 is 0 Å². The molecule has 6 rings (SSSR count). The molecule has 4 aliphatic rings. The van der Waals surface area contributed by atoms with Gasteiger partial charge in [0, 0.05) is 43.6 Å². The maximum atomic E-state index is 13.4. The molecule has 2 aliphatic heterocycles. The molecule has 11 heteroatoms. The molecule has 4 fully saturated rings. The summed E-state index contributed by atoms with van der Waals surface area (Å²) in [6.07, 6.45) is 3.02. The minimum Gasteiger partial charge on any atom is -0.381 e. The first-order chi connectivity index (χ1) is 16.7. The van der Waals surface area contributed by atoms with Crippen molar-refractivity contribution in [2.24, 2.45) is 29.4 Å². The van der Waals surface area contributed by atoms with Crippen LogP contribution in [0.3, 0.4) is 0 Å². The van der Waals surface area contributed by atoms with Crippen molar-refractivity contribution in [3.8, 4) is 0 Å². The van der Waals surface area contributed by atoms with Crippen LogP contribution in [0.2, 0.25) is 0 Å². The number of nitrogens with one attached hydrogen (secondary N) is 1. The number of piperidine rings is 1. The van der Waals surface area contributed by atoms with Gasteiger partial charge >= 0.3 is 6.18 Å². The van der Waals surface area contributed by atoms with Gasteiger partial charge in [-0.3, -0.25) is 4.79 Å². The number of nitrogens with zero attached hydrogens (tertiary/aromatic N) is 4. The van der Waals surface area contributed by atoms with Gasteiger partial charge in [-0.15, -0.1) is 0 Å². The third-order valence-corrected chi connectivity index (χ3v) is 8.50. The summed E-state index contributed by atoms with van der Waals surface area (Å²) in [6, 6.07) is 0. The Morgan fingerprint density at radius 1 is 1.17 bits per heavy atom. The van der Waals surface area contributed by atoms with Crippen LogP contribution in [-0.4, -0.2) is 57.0 Å². The number of imidazole rings is 1. The van der Waals surface area contributed by atoms with Crippen molar-refractivity contribution in [1.82, 2.24) is 24.9 Å². The molecule has 0 spiro atoms. The van der Waals surface area contributed by atoms with Crippen molar-refractivity contribution in [3.63, 3.8) is 0 Å². The van der Waals surface area contributed by atoms with Crippen LogP contribution in [0.4, 0.5) is 13.2 Å². The summed E-state index contributed by atoms with van der Waals surface area (Å²) in [5.41, 5.74) is 8.62. The number of ether oxygens (including phenoxy) is 1. The fraction of sp³-hybridized carbons (Fsp3) is 0.750. The smallest absolute Gasteiger partial charge is 0.381 e. The van der Waals surface area contributed by atoms with E-state index in [9.17, 15) is 18.0 Å². The van der Waals surface area contributed by atoms with Crippen LogP contribution in [-0.2, 0) is 22.4 Å². The van der Waals surface area contributed by atoms with Gasteiger partial charge in [-0.1, -0.05) is 0 Å². The number of fused-ring (bicyclic) bond motifs is 2. The number of hydrogen-bond donors (Lipinski definition) is 2. The van der Waals surface area contributed by atoms with Gasteiger partial charge in [-0.25, -0.2) is 14.5 Å². The first kappa shape index (κ1) is 23.1. The van der Waals surface area contributed by atoms with E-state index in [1.54, 1.807) is 4.52 Å². The van der Waals surface area contributed by atoms with Crippen LogP contribution in [0, 0.1) is 23.7 Å². The Labute approximate surface area is 201 Å². The third kappa shape index (κ3) is 4.52. The van der Waals surface area contributed by atoms with E-state index in [2.05, 4.69) is 5.32 Å². The highest BCUT2D eigenvalue weighted by atomic mass is 19.4. The molecule has 2 saturated carbocycles. The molecule has 2 saturated heterocycles. The first-order valence-electron chi connectivity index (χ1n) is 12.6. The summed E-state index contributed by atoms with van der Waals surface area (Å²) < 4.78 is 47.2. The number of aromatic nitrogens is 4. The zero-order chi connectivity index (χ0) is 24.4. The molecule has 1 amide bonds. The molecule has 2 aliphatic carbocycles. The number of hydrogen-bond acceptors (Lipinski definition) is 6. The predicted molar refractivity (Wildman–Crippen MR) is 119 cm³/mol. The molecule has 5 atom stereocenters. The molecular weight excluding hydrogens is 461 g/mol. The molecular formula is C24H31F3N6O2. The zero-order valence-electron chi connectivity index (χ0n) is 19.6. The van der Waals surface area contributed by atoms with E-state index in [0.29, 0.717) is 36.5 Å². The number of halogens is 3. The van der Waals surface area contributed by atoms with Crippen molar-refractivity contribution in [3.05, 3.63) is 23.3 Å². The average molecular weight is 493 g/mol. The minimum absolute atomic E-state index is 0.0263. The van der Waals surface area contributed by atoms with Crippen molar-refractivity contribution in [2.75, 3.05) is 19.8 Å². The summed E-state index contributed by atoms with van der Waals surface area (Å²) in [5.74, 6) is -0.978. The van der Waals surface area contributed by atoms with Crippen molar-refractivity contribution in [2.45, 2.75) is 69.0 Å². The lowest BCUT2D eigenvalue weighted by Gasteiger charge is -2.31. The van der Waals surface area contributed by atoms with Gasteiger partial charge in [-0.05, 0) is 56.8 Å². The second-order valence-electron chi connectivity index (χ2n) is 11.1. The van der Waals surface area contributed by atoms with E-state index in [1.165, 1.54) is 0 Å². The fourth-order valence-corrected chi connectivity index (χ4v) is 6.46. The molecule has 3 N–H and O–H groups in total. The van der Waals surface area contributed by atoms with E-state index in [4.69, 9.17) is 25.5 Å². The summed E-state index contributed by atoms with van der Waals surface area (Å²) in [7, 11) is 0. The first-order valence-corrected chi connectivity index (χ1v) is 12.6. The highest BCUT2D eigenvalue weighted by Gasteiger charge is 2.57. The quantitative estimate of drug-likeness (QED) is 0.664. The molecule has 0 bridgehead atoms. The third-order valence-electron chi connectivity index (χ3n) is 8.50. The van der Waals surface area contributed by atoms with Crippen molar-refractivity contribution < 1.29 is 22.7 Å². The van der Waals surface area contributed by atoms with Gasteiger partial charge in [0.15, 0.2) is 0 Å². The Kier molecular flexibility index (Phi) is 5.55. The van der Waals surface area contributed by atoms with Crippen LogP contribution < -0.4 is 11.1 Å². The fourth-order valence-electron chi connectivity index (χ4n) is 6.46. The second kappa shape index (κ2) is 8.40. The Morgan fingerprint density at radius 2 is 1.97 bits per heavy atom. The van der Waals surface area contributed by atoms with Crippen LogP contribution in [0.15, 0.2) is 6.20 Å². The molecule has 0 aromatic carbocycles. The zero-order valence-corrected chi connectivity index (χ0v) is 19.6. The van der Waals surface area contributed by atoms with Gasteiger partial charge in [0.05, 0.1) is 29.2 Å². The normalized spacial score (nSPS) is 33.7. The molecule has 2 aromatic rings. The van der Waals surface area contributed by atoms with Gasteiger partial charge in [-0.2, -0.15) is 18.3 Å². The average Bonchev–Trinajstić information content (AvgIpc) is 3.11. The lowest BCUT2D eigenvalue weighted by Crippen LogP contribution is -2.47. The number of amides is 1. The Hall–Kier alpha value is -2.27. The Balaban J connectivity index is 1.28. The largest absolute Gasteiger partial charge is 0.393 e. The predicted octanol–water partition coefficient (Wildman–Crippen LogP) is 2.55. The SMILES string of the molecule is N[C@]12C[C@H](Cc3cn4nc(C[C@H]5C[C@@H](C(F)(F)F)CNC5=O)c(C5CCOCC5)nc4n3)C[C@@H]1C2. The second-order valence-corrected chi connectivity index (χ2v) is 11.1. The number of carbonyl (C=O) groups is 1. The van der Waals surface area contributed by atoms with E-state index in [-0.39, 0.29) is 36.8 Å².